The van der Waals surface area contributed by atoms with Crippen LogP contribution in [0.2, 0.25) is 0 Å². The van der Waals surface area contributed by atoms with Gasteiger partial charge in [0.1, 0.15) is 28.3 Å². The van der Waals surface area contributed by atoms with Crippen LogP contribution in [0.25, 0.3) is 10.6 Å². The van der Waals surface area contributed by atoms with Crippen molar-refractivity contribution in [2.24, 2.45) is 0 Å². The third kappa shape index (κ3) is 2.23. The van der Waals surface area contributed by atoms with Crippen molar-refractivity contribution in [2.45, 2.75) is 49.4 Å². The normalized spacial score (nSPS) is 29.4. The molecule has 0 radical (unpaired) electrons. The number of carbonyl (C=O) groups excluding carboxylic acids is 1. The summed E-state index contributed by atoms with van der Waals surface area (Å²) in [6.45, 7) is 7.36. The molecule has 0 saturated carbocycles. The van der Waals surface area contributed by atoms with Crippen LogP contribution < -0.4 is 5.32 Å². The fourth-order valence-electron chi connectivity index (χ4n) is 3.69. The monoisotopic (exact) mass is 393 g/mol. The summed E-state index contributed by atoms with van der Waals surface area (Å²) in [5.74, 6) is -0.589. The molecule has 0 aliphatic carbocycles. The van der Waals surface area contributed by atoms with Gasteiger partial charge in [0.15, 0.2) is 5.76 Å². The average Bonchev–Trinajstić information content (AvgIpc) is 3.25. The number of hydrogen-bond donors (Lipinski definition) is 2. The Hall–Kier alpha value is -2.00. The fourth-order valence-corrected chi connectivity index (χ4v) is 6.04. The Labute approximate surface area is 158 Å². The highest BCUT2D eigenvalue weighted by Crippen LogP contribution is 2.56. The minimum absolute atomic E-state index is 0.217. The highest BCUT2D eigenvalue weighted by molar-refractivity contribution is 8.01. The number of carbonyl (C=O) groups is 2. The predicted octanol–water partition coefficient (Wildman–Crippen LogP) is 3.03. The molecule has 0 spiro atoms. The minimum Gasteiger partial charge on any atom is -0.480 e. The van der Waals surface area contributed by atoms with Crippen LogP contribution >= 0.6 is 23.1 Å². The zero-order chi connectivity index (χ0) is 18.9. The first kappa shape index (κ1) is 17.4. The Balaban J connectivity index is 1.68. The number of hydrogen-bond acceptors (Lipinski definition) is 7. The number of nitrogens with one attached hydrogen (secondary N) is 1. The summed E-state index contributed by atoms with van der Waals surface area (Å²) in [7, 11) is 0. The molecule has 2 aromatic rings. The van der Waals surface area contributed by atoms with Crippen molar-refractivity contribution >= 4 is 40.7 Å². The van der Waals surface area contributed by atoms with E-state index >= 15 is 0 Å². The van der Waals surface area contributed by atoms with E-state index in [1.54, 1.807) is 0 Å². The number of β-lactam (4-membered cyclic amide) rings is 1. The number of thiophene rings is 1. The number of thioether (sulfide) groups is 1. The van der Waals surface area contributed by atoms with Gasteiger partial charge >= 0.3 is 5.97 Å². The molecule has 138 valence electrons. The quantitative estimate of drug-likeness (QED) is 0.771. The number of amides is 1. The summed E-state index contributed by atoms with van der Waals surface area (Å²) >= 11 is 3.04. The van der Waals surface area contributed by atoms with Gasteiger partial charge in [-0.05, 0) is 39.1 Å². The highest BCUT2D eigenvalue weighted by atomic mass is 32.2. The van der Waals surface area contributed by atoms with Gasteiger partial charge in [-0.25, -0.2) is 4.79 Å². The first-order valence-corrected chi connectivity index (χ1v) is 9.94. The summed E-state index contributed by atoms with van der Waals surface area (Å²) in [6, 6.07) is 3.02. The lowest BCUT2D eigenvalue weighted by Gasteiger charge is -2.51. The molecule has 9 heteroatoms. The summed E-state index contributed by atoms with van der Waals surface area (Å²) < 4.78 is 4.91. The first-order valence-electron chi connectivity index (χ1n) is 8.18. The van der Waals surface area contributed by atoms with E-state index in [2.05, 4.69) is 10.5 Å². The number of anilines is 1. The number of aliphatic carboxylic acids is 1. The summed E-state index contributed by atoms with van der Waals surface area (Å²) in [6.07, 6.45) is 0. The van der Waals surface area contributed by atoms with Gasteiger partial charge in [0.05, 0.1) is 4.88 Å². The molecule has 2 aromatic heterocycles. The maximum atomic E-state index is 12.9. The van der Waals surface area contributed by atoms with Crippen molar-refractivity contribution in [3.05, 3.63) is 23.2 Å². The third-order valence-electron chi connectivity index (χ3n) is 5.00. The van der Waals surface area contributed by atoms with Gasteiger partial charge in [0, 0.05) is 4.75 Å². The lowest BCUT2D eigenvalue weighted by Crippen LogP contribution is -2.75. The molecule has 2 fully saturated rings. The standard InChI is InChI=1S/C17H19N3O4S2/c1-8-10(11(24-19-8)9-6-5-7-25-9)18-17(4)14(23)20-12(13(21)22)16(2,3)26-15(17)20/h5-7,12,15,18H,1-4H3,(H,21,22)/t12-,15+,17-/m0/s1. The van der Waals surface area contributed by atoms with Gasteiger partial charge < -0.3 is 19.8 Å². The van der Waals surface area contributed by atoms with Crippen molar-refractivity contribution in [1.82, 2.24) is 10.1 Å². The average molecular weight is 393 g/mol. The molecular formula is C17H19N3O4S2. The van der Waals surface area contributed by atoms with Crippen molar-refractivity contribution in [2.75, 3.05) is 5.32 Å². The van der Waals surface area contributed by atoms with Gasteiger partial charge in [0.25, 0.3) is 5.91 Å². The van der Waals surface area contributed by atoms with Crippen LogP contribution in [0.5, 0.6) is 0 Å². The van der Waals surface area contributed by atoms with E-state index in [9.17, 15) is 14.7 Å². The van der Waals surface area contributed by atoms with Crippen molar-refractivity contribution in [3.63, 3.8) is 0 Å². The number of aromatic nitrogens is 1. The van der Waals surface area contributed by atoms with Gasteiger partial charge in [-0.1, -0.05) is 11.2 Å². The topological polar surface area (TPSA) is 95.7 Å². The Kier molecular flexibility index (Phi) is 3.68. The largest absolute Gasteiger partial charge is 0.480 e. The second-order valence-electron chi connectivity index (χ2n) is 7.30. The number of fused-ring (bicyclic) bond motifs is 1. The molecule has 26 heavy (non-hydrogen) atoms. The maximum absolute atomic E-state index is 12.9. The van der Waals surface area contributed by atoms with E-state index in [0.29, 0.717) is 17.1 Å². The Bertz CT molecular complexity index is 892. The van der Waals surface area contributed by atoms with E-state index in [1.165, 1.54) is 28.0 Å². The van der Waals surface area contributed by atoms with Crippen LogP contribution in [0, 0.1) is 6.92 Å². The molecule has 2 N–H and O–H groups in total. The number of carboxylic acid groups (broad SMARTS) is 1. The van der Waals surface area contributed by atoms with E-state index in [4.69, 9.17) is 4.52 Å². The van der Waals surface area contributed by atoms with Crippen LogP contribution in [-0.4, -0.2) is 48.7 Å². The molecule has 0 bridgehead atoms. The van der Waals surface area contributed by atoms with Crippen LogP contribution in [0.4, 0.5) is 5.69 Å². The summed E-state index contributed by atoms with van der Waals surface area (Å²) in [5.41, 5.74) is 0.437. The van der Waals surface area contributed by atoms with Gasteiger partial charge in [-0.2, -0.15) is 0 Å². The highest BCUT2D eigenvalue weighted by Gasteiger charge is 2.69. The van der Waals surface area contributed by atoms with Crippen LogP contribution in [0.3, 0.4) is 0 Å². The van der Waals surface area contributed by atoms with Crippen molar-refractivity contribution in [3.8, 4) is 10.6 Å². The summed E-state index contributed by atoms with van der Waals surface area (Å²) in [5, 5.41) is 18.6. The maximum Gasteiger partial charge on any atom is 0.327 e. The number of aryl methyl sites for hydroxylation is 1. The predicted molar refractivity (Wildman–Crippen MR) is 100 cm³/mol. The van der Waals surface area contributed by atoms with E-state index in [1.807, 2.05) is 45.2 Å². The molecule has 1 amide bonds. The lowest BCUT2D eigenvalue weighted by molar-refractivity contribution is -0.163. The number of nitrogens with zero attached hydrogens (tertiary/aromatic N) is 2. The number of carboxylic acids is 1. The fraction of sp³-hybridized carbons (Fsp3) is 0.471. The zero-order valence-corrected chi connectivity index (χ0v) is 16.4. The third-order valence-corrected chi connectivity index (χ3v) is 7.62. The van der Waals surface area contributed by atoms with Crippen LogP contribution in [0.15, 0.2) is 22.0 Å². The second-order valence-corrected chi connectivity index (χ2v) is 9.99. The molecule has 3 atom stereocenters. The second kappa shape index (κ2) is 5.50. The van der Waals surface area contributed by atoms with E-state index in [0.717, 1.165) is 4.88 Å². The van der Waals surface area contributed by atoms with Gasteiger partial charge in [-0.15, -0.1) is 23.1 Å². The molecule has 0 unspecified atom stereocenters. The van der Waals surface area contributed by atoms with Crippen LogP contribution in [0.1, 0.15) is 26.5 Å². The first-order chi connectivity index (χ1) is 12.2. The molecule has 2 aliphatic rings. The van der Waals surface area contributed by atoms with E-state index in [-0.39, 0.29) is 11.3 Å². The molecule has 2 aliphatic heterocycles. The molecular weight excluding hydrogens is 374 g/mol. The molecule has 0 aromatic carbocycles. The number of rotatable bonds is 4. The van der Waals surface area contributed by atoms with Crippen molar-refractivity contribution < 1.29 is 19.2 Å². The zero-order valence-electron chi connectivity index (χ0n) is 14.8. The van der Waals surface area contributed by atoms with Gasteiger partial charge in [-0.3, -0.25) is 4.79 Å². The Morgan fingerprint density at radius 1 is 1.42 bits per heavy atom. The molecule has 7 nitrogen and oxygen atoms in total. The SMILES string of the molecule is Cc1noc(-c2cccs2)c1N[C@@]1(C)C(=O)N2[C@@H](C(=O)O)C(C)(C)S[C@@H]21. The lowest BCUT2D eigenvalue weighted by atomic mass is 9.86. The van der Waals surface area contributed by atoms with Gasteiger partial charge in [0.2, 0.25) is 0 Å². The molecule has 2 saturated heterocycles. The molecule has 4 rings (SSSR count). The van der Waals surface area contributed by atoms with E-state index < -0.39 is 22.3 Å². The van der Waals surface area contributed by atoms with Crippen LogP contribution in [-0.2, 0) is 9.59 Å². The molecule has 4 heterocycles. The van der Waals surface area contributed by atoms with Crippen molar-refractivity contribution in [1.29, 1.82) is 0 Å². The minimum atomic E-state index is -0.971. The summed E-state index contributed by atoms with van der Waals surface area (Å²) in [4.78, 5) is 27.0. The Morgan fingerprint density at radius 2 is 2.15 bits per heavy atom. The Morgan fingerprint density at radius 3 is 2.77 bits per heavy atom. The smallest absolute Gasteiger partial charge is 0.327 e.